The zero-order valence-electron chi connectivity index (χ0n) is 19.6. The lowest BCUT2D eigenvalue weighted by Gasteiger charge is -2.39. The van der Waals surface area contributed by atoms with Gasteiger partial charge in [0.1, 0.15) is 18.6 Å². The molecule has 0 aromatic carbocycles. The summed E-state index contributed by atoms with van der Waals surface area (Å²) in [4.78, 5) is 31.3. The number of likely N-dealkylation sites (tertiary alicyclic amines) is 2. The van der Waals surface area contributed by atoms with Gasteiger partial charge in [0.2, 0.25) is 5.91 Å². The Labute approximate surface area is 195 Å². The Morgan fingerprint density at radius 3 is 2.42 bits per heavy atom. The number of nitrogens with zero attached hydrogens (tertiary/aromatic N) is 5. The normalized spacial score (nSPS) is 19.9. The summed E-state index contributed by atoms with van der Waals surface area (Å²) >= 11 is 0. The molecule has 2 saturated heterocycles. The summed E-state index contributed by atoms with van der Waals surface area (Å²) < 4.78 is 0. The molecule has 4 heterocycles. The Kier molecular flexibility index (Phi) is 7.54. The molecule has 0 spiro atoms. The number of rotatable bonds is 6. The highest BCUT2D eigenvalue weighted by atomic mass is 16.6. The second-order valence-corrected chi connectivity index (χ2v) is 8.97. The number of nitrogens with two attached hydrogens (primary N) is 1. The number of hydrogen-bond donors (Lipinski definition) is 1. The molecule has 2 N–H and O–H groups in total. The number of anilines is 1. The van der Waals surface area contributed by atoms with Crippen molar-refractivity contribution in [1.29, 1.82) is 0 Å². The summed E-state index contributed by atoms with van der Waals surface area (Å²) in [6.07, 6.45) is 7.09. The highest BCUT2D eigenvalue weighted by Gasteiger charge is 2.33. The van der Waals surface area contributed by atoms with Gasteiger partial charge in [-0.15, -0.1) is 0 Å². The average Bonchev–Trinajstić information content (AvgIpc) is 2.87. The number of carbonyl (C=O) groups is 1. The van der Waals surface area contributed by atoms with Crippen molar-refractivity contribution in [2.24, 2.45) is 17.0 Å². The molecule has 0 radical (unpaired) electrons. The third-order valence-electron chi connectivity index (χ3n) is 7.02. The smallest absolute Gasteiger partial charge is 0.225 e. The number of pyridine rings is 2. The minimum absolute atomic E-state index is 0.107. The van der Waals surface area contributed by atoms with Crippen molar-refractivity contribution < 1.29 is 9.63 Å². The Hall–Kier alpha value is -3.00. The highest BCUT2D eigenvalue weighted by Crippen LogP contribution is 2.29. The zero-order valence-corrected chi connectivity index (χ0v) is 19.6. The molecule has 176 valence electrons. The van der Waals surface area contributed by atoms with Crippen molar-refractivity contribution in [2.75, 3.05) is 39.0 Å². The molecule has 8 heteroatoms. The van der Waals surface area contributed by atoms with Crippen LogP contribution in [0.15, 0.2) is 47.9 Å². The first-order chi connectivity index (χ1) is 16.1. The van der Waals surface area contributed by atoms with Gasteiger partial charge in [-0.1, -0.05) is 11.2 Å². The number of oxime groups is 1. The van der Waals surface area contributed by atoms with E-state index in [4.69, 9.17) is 10.6 Å². The fourth-order valence-corrected chi connectivity index (χ4v) is 5.04. The van der Waals surface area contributed by atoms with E-state index in [-0.39, 0.29) is 17.9 Å². The number of hydrogen-bond acceptors (Lipinski definition) is 7. The van der Waals surface area contributed by atoms with Crippen LogP contribution in [-0.4, -0.2) is 64.7 Å². The first kappa shape index (κ1) is 23.2. The van der Waals surface area contributed by atoms with Crippen LogP contribution in [0.4, 0.5) is 5.82 Å². The topological polar surface area (TPSA) is 96.9 Å². The van der Waals surface area contributed by atoms with Gasteiger partial charge in [-0.25, -0.2) is 4.98 Å². The molecule has 1 atom stereocenters. The van der Waals surface area contributed by atoms with Crippen molar-refractivity contribution in [2.45, 2.75) is 38.6 Å². The standard InChI is InChI=1S/C25H34N6O2/c1-18(21-6-12-28-23(26)17-21)30-13-9-20(10-14-30)25(32)31-15-7-19(8-16-31)24(29-33-2)22-5-3-4-11-27-22/h3-6,11-12,17-20H,7-10,13-16H2,1-2H3,(H2,26,28)/b29-24-/t18-/m1/s1. The van der Waals surface area contributed by atoms with E-state index in [1.807, 2.05) is 35.2 Å². The summed E-state index contributed by atoms with van der Waals surface area (Å²) in [7, 11) is 1.57. The van der Waals surface area contributed by atoms with E-state index in [0.29, 0.717) is 11.7 Å². The van der Waals surface area contributed by atoms with Crippen LogP contribution in [0.3, 0.4) is 0 Å². The lowest BCUT2D eigenvalue weighted by Crippen LogP contribution is -2.46. The van der Waals surface area contributed by atoms with Crippen molar-refractivity contribution in [3.8, 4) is 0 Å². The second kappa shape index (κ2) is 10.7. The van der Waals surface area contributed by atoms with Gasteiger partial charge >= 0.3 is 0 Å². The van der Waals surface area contributed by atoms with E-state index >= 15 is 0 Å². The Morgan fingerprint density at radius 1 is 1.06 bits per heavy atom. The molecule has 33 heavy (non-hydrogen) atoms. The molecule has 2 fully saturated rings. The monoisotopic (exact) mass is 450 g/mol. The van der Waals surface area contributed by atoms with Crippen molar-refractivity contribution >= 4 is 17.4 Å². The average molecular weight is 451 g/mol. The SMILES string of the molecule is CO/N=C(\c1ccccn1)C1CCN(C(=O)C2CCN([C@H](C)c3ccnc(N)c3)CC2)CC1. The molecule has 2 aromatic rings. The van der Waals surface area contributed by atoms with Crippen LogP contribution >= 0.6 is 0 Å². The van der Waals surface area contributed by atoms with Crippen LogP contribution in [0, 0.1) is 11.8 Å². The quantitative estimate of drug-likeness (QED) is 0.537. The lowest BCUT2D eigenvalue weighted by molar-refractivity contribution is -0.138. The number of aromatic nitrogens is 2. The van der Waals surface area contributed by atoms with Crippen LogP contribution in [-0.2, 0) is 9.63 Å². The fraction of sp³-hybridized carbons (Fsp3) is 0.520. The van der Waals surface area contributed by atoms with E-state index in [0.717, 1.165) is 63.3 Å². The molecule has 0 saturated carbocycles. The predicted molar refractivity (Wildman–Crippen MR) is 128 cm³/mol. The van der Waals surface area contributed by atoms with Crippen LogP contribution < -0.4 is 5.73 Å². The first-order valence-electron chi connectivity index (χ1n) is 11.8. The van der Waals surface area contributed by atoms with E-state index in [2.05, 4.69) is 26.9 Å². The summed E-state index contributed by atoms with van der Waals surface area (Å²) in [6, 6.07) is 10.1. The zero-order chi connectivity index (χ0) is 23.2. The highest BCUT2D eigenvalue weighted by molar-refractivity contribution is 6.00. The van der Waals surface area contributed by atoms with Crippen LogP contribution in [0.25, 0.3) is 0 Å². The molecular formula is C25H34N6O2. The van der Waals surface area contributed by atoms with Crippen molar-refractivity contribution in [3.05, 3.63) is 54.0 Å². The summed E-state index contributed by atoms with van der Waals surface area (Å²) in [5.74, 6) is 1.21. The van der Waals surface area contributed by atoms with Gasteiger partial charge in [0, 0.05) is 43.4 Å². The first-order valence-corrected chi connectivity index (χ1v) is 11.8. The Morgan fingerprint density at radius 2 is 1.79 bits per heavy atom. The molecule has 0 bridgehead atoms. The molecule has 0 unspecified atom stereocenters. The van der Waals surface area contributed by atoms with Crippen molar-refractivity contribution in [1.82, 2.24) is 19.8 Å². The lowest BCUT2D eigenvalue weighted by atomic mass is 9.88. The van der Waals surface area contributed by atoms with Crippen LogP contribution in [0.5, 0.6) is 0 Å². The Balaban J connectivity index is 1.29. The van der Waals surface area contributed by atoms with Crippen LogP contribution in [0.1, 0.15) is 49.9 Å². The molecule has 2 aliphatic heterocycles. The summed E-state index contributed by atoms with van der Waals surface area (Å²) in [6.45, 7) is 5.54. The van der Waals surface area contributed by atoms with Gasteiger partial charge in [-0.2, -0.15) is 0 Å². The van der Waals surface area contributed by atoms with Crippen LogP contribution in [0.2, 0.25) is 0 Å². The summed E-state index contributed by atoms with van der Waals surface area (Å²) in [5.41, 5.74) is 8.76. The molecule has 1 amide bonds. The summed E-state index contributed by atoms with van der Waals surface area (Å²) in [5, 5.41) is 4.27. The number of carbonyl (C=O) groups excluding carboxylic acids is 1. The van der Waals surface area contributed by atoms with Crippen molar-refractivity contribution in [3.63, 3.8) is 0 Å². The molecule has 8 nitrogen and oxygen atoms in total. The van der Waals surface area contributed by atoms with Gasteiger partial charge < -0.3 is 15.5 Å². The molecule has 2 aliphatic rings. The number of piperidine rings is 2. The van der Waals surface area contributed by atoms with Gasteiger partial charge in [-0.3, -0.25) is 14.7 Å². The maximum atomic E-state index is 13.2. The number of nitrogen functional groups attached to an aromatic ring is 1. The molecule has 2 aromatic heterocycles. The van der Waals surface area contributed by atoms with Gasteiger partial charge in [-0.05, 0) is 75.5 Å². The second-order valence-electron chi connectivity index (χ2n) is 8.97. The largest absolute Gasteiger partial charge is 0.399 e. The maximum Gasteiger partial charge on any atom is 0.225 e. The fourth-order valence-electron chi connectivity index (χ4n) is 5.04. The van der Waals surface area contributed by atoms with E-state index in [1.165, 1.54) is 5.56 Å². The van der Waals surface area contributed by atoms with E-state index in [9.17, 15) is 4.79 Å². The predicted octanol–water partition coefficient (Wildman–Crippen LogP) is 3.12. The number of amides is 1. The maximum absolute atomic E-state index is 13.2. The third-order valence-corrected chi connectivity index (χ3v) is 7.02. The Bertz CT molecular complexity index is 950. The molecule has 4 rings (SSSR count). The van der Waals surface area contributed by atoms with E-state index < -0.39 is 0 Å². The van der Waals surface area contributed by atoms with E-state index in [1.54, 1.807) is 19.5 Å². The van der Waals surface area contributed by atoms with Gasteiger partial charge in [0.25, 0.3) is 0 Å². The van der Waals surface area contributed by atoms with Gasteiger partial charge in [0.05, 0.1) is 5.69 Å². The third kappa shape index (κ3) is 5.50. The minimum Gasteiger partial charge on any atom is -0.399 e. The van der Waals surface area contributed by atoms with Gasteiger partial charge in [0.15, 0.2) is 0 Å². The molecule has 0 aliphatic carbocycles. The molecular weight excluding hydrogens is 416 g/mol. The minimum atomic E-state index is 0.107.